The third kappa shape index (κ3) is 1.42. The minimum Gasteiger partial charge on any atom is -0.0825 e. The van der Waals surface area contributed by atoms with E-state index in [4.69, 9.17) is 0 Å². The summed E-state index contributed by atoms with van der Waals surface area (Å²) in [6.45, 7) is 9.29. The Balaban J connectivity index is 2.69. The van der Waals surface area contributed by atoms with Crippen LogP contribution in [0.5, 0.6) is 0 Å². The Kier molecular flexibility index (Phi) is 2.18. The van der Waals surface area contributed by atoms with Gasteiger partial charge in [0, 0.05) is 0 Å². The maximum atomic E-state index is 2.42. The molecule has 3 atom stereocenters. The molecule has 0 unspecified atom stereocenters. The molecule has 0 heterocycles. The average Bonchev–Trinajstić information content (AvgIpc) is 1.82. The van der Waals surface area contributed by atoms with Crippen LogP contribution < -0.4 is 0 Å². The van der Waals surface area contributed by atoms with Crippen LogP contribution in [0.4, 0.5) is 0 Å². The molecule has 0 amide bonds. The summed E-state index contributed by atoms with van der Waals surface area (Å²) in [4.78, 5) is 0. The van der Waals surface area contributed by atoms with E-state index < -0.39 is 0 Å². The molecule has 0 aliphatic heterocycles. The summed E-state index contributed by atoms with van der Waals surface area (Å²) >= 11 is 0. The standard InChI is InChI=1S/C10H18/c1-7-5-8(2)10(4)9(3)6-7/h5,8-10H,6H2,1-4H3/t8-,9+,10+/m1/s1. The van der Waals surface area contributed by atoms with Crippen molar-refractivity contribution < 1.29 is 0 Å². The first-order valence-corrected chi connectivity index (χ1v) is 4.28. The van der Waals surface area contributed by atoms with Gasteiger partial charge in [-0.1, -0.05) is 32.4 Å². The molecule has 0 bridgehead atoms. The molecule has 0 aromatic carbocycles. The second kappa shape index (κ2) is 2.77. The van der Waals surface area contributed by atoms with Crippen molar-refractivity contribution in [1.82, 2.24) is 0 Å². The van der Waals surface area contributed by atoms with Gasteiger partial charge >= 0.3 is 0 Å². The molecule has 0 aromatic heterocycles. The summed E-state index contributed by atoms with van der Waals surface area (Å²) in [5.41, 5.74) is 1.58. The summed E-state index contributed by atoms with van der Waals surface area (Å²) in [6.07, 6.45) is 3.73. The Morgan fingerprint density at radius 1 is 1.30 bits per heavy atom. The predicted molar refractivity (Wildman–Crippen MR) is 45.9 cm³/mol. The lowest BCUT2D eigenvalue weighted by Crippen LogP contribution is -2.19. The number of rotatable bonds is 0. The second-order valence-electron chi connectivity index (χ2n) is 3.91. The highest BCUT2D eigenvalue weighted by Gasteiger charge is 2.21. The highest BCUT2D eigenvalue weighted by molar-refractivity contribution is 5.07. The van der Waals surface area contributed by atoms with E-state index >= 15 is 0 Å². The molecule has 0 heteroatoms. The van der Waals surface area contributed by atoms with Crippen LogP contribution in [0.25, 0.3) is 0 Å². The molecule has 0 saturated carbocycles. The SMILES string of the molecule is CC1=C[C@@H](C)[C@H](C)[C@@H](C)C1. The van der Waals surface area contributed by atoms with Crippen molar-refractivity contribution in [3.05, 3.63) is 11.6 Å². The lowest BCUT2D eigenvalue weighted by Gasteiger charge is -2.29. The third-order valence-electron chi connectivity index (χ3n) is 2.92. The zero-order valence-electron chi connectivity index (χ0n) is 7.52. The maximum Gasteiger partial charge on any atom is -0.0231 e. The largest absolute Gasteiger partial charge is 0.0825 e. The van der Waals surface area contributed by atoms with Crippen LogP contribution in [0.15, 0.2) is 11.6 Å². The Morgan fingerprint density at radius 3 is 2.40 bits per heavy atom. The Labute approximate surface area is 64.3 Å². The normalized spacial score (nSPS) is 41.2. The smallest absolute Gasteiger partial charge is 0.0231 e. The fourth-order valence-electron chi connectivity index (χ4n) is 1.88. The molecule has 1 aliphatic rings. The van der Waals surface area contributed by atoms with E-state index in [1.54, 1.807) is 5.57 Å². The van der Waals surface area contributed by atoms with Gasteiger partial charge in [0.2, 0.25) is 0 Å². The minimum absolute atomic E-state index is 0.795. The second-order valence-corrected chi connectivity index (χ2v) is 3.91. The molecule has 0 saturated heterocycles. The molecule has 0 radical (unpaired) electrons. The summed E-state index contributed by atoms with van der Waals surface area (Å²) in [5.74, 6) is 2.56. The van der Waals surface area contributed by atoms with Crippen LogP contribution in [0, 0.1) is 17.8 Å². The molecule has 58 valence electrons. The lowest BCUT2D eigenvalue weighted by molar-refractivity contribution is 0.297. The molecule has 1 aliphatic carbocycles. The van der Waals surface area contributed by atoms with Crippen LogP contribution in [0.3, 0.4) is 0 Å². The van der Waals surface area contributed by atoms with Gasteiger partial charge in [0.15, 0.2) is 0 Å². The van der Waals surface area contributed by atoms with Gasteiger partial charge in [0.05, 0.1) is 0 Å². The van der Waals surface area contributed by atoms with Gasteiger partial charge in [0.1, 0.15) is 0 Å². The topological polar surface area (TPSA) is 0 Å². The van der Waals surface area contributed by atoms with E-state index in [1.165, 1.54) is 6.42 Å². The third-order valence-corrected chi connectivity index (χ3v) is 2.92. The summed E-state index contributed by atoms with van der Waals surface area (Å²) in [6, 6.07) is 0. The summed E-state index contributed by atoms with van der Waals surface area (Å²) in [7, 11) is 0. The molecule has 0 fully saturated rings. The summed E-state index contributed by atoms with van der Waals surface area (Å²) in [5, 5.41) is 0. The Morgan fingerprint density at radius 2 is 1.90 bits per heavy atom. The lowest BCUT2D eigenvalue weighted by atomic mass is 9.76. The molecule has 1 rings (SSSR count). The van der Waals surface area contributed by atoms with Gasteiger partial charge in [-0.2, -0.15) is 0 Å². The Hall–Kier alpha value is -0.260. The van der Waals surface area contributed by atoms with Crippen LogP contribution in [0.1, 0.15) is 34.1 Å². The van der Waals surface area contributed by atoms with E-state index in [1.807, 2.05) is 0 Å². The van der Waals surface area contributed by atoms with Gasteiger partial charge in [-0.25, -0.2) is 0 Å². The zero-order chi connectivity index (χ0) is 7.72. The molecule has 10 heavy (non-hydrogen) atoms. The van der Waals surface area contributed by atoms with E-state index in [2.05, 4.69) is 33.8 Å². The molecule has 0 N–H and O–H groups in total. The maximum absolute atomic E-state index is 2.42. The van der Waals surface area contributed by atoms with Crippen LogP contribution in [-0.4, -0.2) is 0 Å². The van der Waals surface area contributed by atoms with Gasteiger partial charge in [-0.15, -0.1) is 0 Å². The number of allylic oxidation sites excluding steroid dienone is 2. The highest BCUT2D eigenvalue weighted by atomic mass is 14.3. The monoisotopic (exact) mass is 138 g/mol. The molecule has 0 spiro atoms. The van der Waals surface area contributed by atoms with Crippen molar-refractivity contribution >= 4 is 0 Å². The van der Waals surface area contributed by atoms with Crippen molar-refractivity contribution in [2.24, 2.45) is 17.8 Å². The molecular formula is C10H18. The average molecular weight is 138 g/mol. The highest BCUT2D eigenvalue weighted by Crippen LogP contribution is 2.32. The van der Waals surface area contributed by atoms with E-state index in [-0.39, 0.29) is 0 Å². The quantitative estimate of drug-likeness (QED) is 0.451. The Bertz CT molecular complexity index is 144. The fourth-order valence-corrected chi connectivity index (χ4v) is 1.88. The van der Waals surface area contributed by atoms with Crippen LogP contribution in [-0.2, 0) is 0 Å². The van der Waals surface area contributed by atoms with Gasteiger partial charge in [-0.3, -0.25) is 0 Å². The fraction of sp³-hybridized carbons (Fsp3) is 0.800. The first-order chi connectivity index (χ1) is 4.61. The van der Waals surface area contributed by atoms with Crippen molar-refractivity contribution in [3.8, 4) is 0 Å². The first kappa shape index (κ1) is 7.84. The number of hydrogen-bond donors (Lipinski definition) is 0. The van der Waals surface area contributed by atoms with E-state index in [0.29, 0.717) is 0 Å². The number of hydrogen-bond acceptors (Lipinski definition) is 0. The molecule has 0 nitrogen and oxygen atoms in total. The van der Waals surface area contributed by atoms with Gasteiger partial charge in [0.25, 0.3) is 0 Å². The van der Waals surface area contributed by atoms with E-state index in [9.17, 15) is 0 Å². The first-order valence-electron chi connectivity index (χ1n) is 4.28. The minimum atomic E-state index is 0.795. The molecule has 0 aromatic rings. The van der Waals surface area contributed by atoms with Crippen LogP contribution >= 0.6 is 0 Å². The van der Waals surface area contributed by atoms with Crippen molar-refractivity contribution in [2.45, 2.75) is 34.1 Å². The van der Waals surface area contributed by atoms with Crippen molar-refractivity contribution in [1.29, 1.82) is 0 Å². The van der Waals surface area contributed by atoms with E-state index in [0.717, 1.165) is 17.8 Å². The van der Waals surface area contributed by atoms with Gasteiger partial charge < -0.3 is 0 Å². The summed E-state index contributed by atoms with van der Waals surface area (Å²) < 4.78 is 0. The molecular weight excluding hydrogens is 120 g/mol. The van der Waals surface area contributed by atoms with Crippen LogP contribution in [0.2, 0.25) is 0 Å². The van der Waals surface area contributed by atoms with Crippen molar-refractivity contribution in [3.63, 3.8) is 0 Å². The predicted octanol–water partition coefficient (Wildman–Crippen LogP) is 3.24. The zero-order valence-corrected chi connectivity index (χ0v) is 7.52. The van der Waals surface area contributed by atoms with Crippen molar-refractivity contribution in [2.75, 3.05) is 0 Å². The van der Waals surface area contributed by atoms with Gasteiger partial charge in [-0.05, 0) is 31.1 Å².